The second-order valence-electron chi connectivity index (χ2n) is 7.37. The first-order valence-electron chi connectivity index (χ1n) is 9.76. The van der Waals surface area contributed by atoms with E-state index in [4.69, 9.17) is 14.2 Å². The number of benzene rings is 2. The Balaban J connectivity index is 1.23. The number of rotatable bonds is 4. The highest BCUT2D eigenvalue weighted by molar-refractivity contribution is 6.07. The first-order valence-corrected chi connectivity index (χ1v) is 9.76. The van der Waals surface area contributed by atoms with Crippen molar-refractivity contribution in [1.82, 2.24) is 14.8 Å². The van der Waals surface area contributed by atoms with Gasteiger partial charge >= 0.3 is 0 Å². The molecule has 3 heterocycles. The number of aromatic amines is 1. The van der Waals surface area contributed by atoms with Gasteiger partial charge in [-0.1, -0.05) is 6.07 Å². The lowest BCUT2D eigenvalue weighted by Crippen LogP contribution is -2.48. The fraction of sp³-hybridized carbons (Fsp3) is 0.318. The van der Waals surface area contributed by atoms with E-state index in [9.17, 15) is 4.79 Å². The standard InChI is InChI=1S/C22H23N3O4/c1-27-16-3-4-17-18(12-23-19(17)11-16)22(26)25-8-6-24(7-9-25)13-15-2-5-20-21(10-15)29-14-28-20/h2-5,10-12,23H,6-9,13-14H2,1H3. The molecular weight excluding hydrogens is 370 g/mol. The number of carbonyl (C=O) groups excluding carboxylic acids is 1. The second kappa shape index (κ2) is 7.33. The lowest BCUT2D eigenvalue weighted by Gasteiger charge is -2.34. The van der Waals surface area contributed by atoms with Crippen LogP contribution in [-0.2, 0) is 6.54 Å². The Kier molecular flexibility index (Phi) is 4.52. The Morgan fingerprint density at radius 3 is 2.72 bits per heavy atom. The van der Waals surface area contributed by atoms with Crippen LogP contribution in [-0.4, -0.2) is 60.8 Å². The minimum Gasteiger partial charge on any atom is -0.497 e. The molecule has 1 aromatic heterocycles. The number of carbonyl (C=O) groups is 1. The van der Waals surface area contributed by atoms with Crippen molar-refractivity contribution in [1.29, 1.82) is 0 Å². The van der Waals surface area contributed by atoms with Crippen molar-refractivity contribution in [2.75, 3.05) is 40.1 Å². The average molecular weight is 393 g/mol. The zero-order valence-corrected chi connectivity index (χ0v) is 16.3. The molecule has 0 radical (unpaired) electrons. The first-order chi connectivity index (χ1) is 14.2. The maximum Gasteiger partial charge on any atom is 0.256 e. The molecule has 0 bridgehead atoms. The Morgan fingerprint density at radius 2 is 1.90 bits per heavy atom. The molecule has 2 aromatic carbocycles. The normalized spacial score (nSPS) is 16.4. The number of H-pyrrole nitrogens is 1. The zero-order chi connectivity index (χ0) is 19.8. The van der Waals surface area contributed by atoms with Crippen LogP contribution < -0.4 is 14.2 Å². The van der Waals surface area contributed by atoms with Crippen molar-refractivity contribution in [3.63, 3.8) is 0 Å². The van der Waals surface area contributed by atoms with Crippen LogP contribution in [0.15, 0.2) is 42.6 Å². The molecule has 0 unspecified atom stereocenters. The van der Waals surface area contributed by atoms with E-state index in [1.54, 1.807) is 13.3 Å². The van der Waals surface area contributed by atoms with Crippen molar-refractivity contribution >= 4 is 16.8 Å². The molecule has 0 atom stereocenters. The van der Waals surface area contributed by atoms with E-state index < -0.39 is 0 Å². The van der Waals surface area contributed by atoms with E-state index in [1.807, 2.05) is 35.2 Å². The highest BCUT2D eigenvalue weighted by Crippen LogP contribution is 2.33. The van der Waals surface area contributed by atoms with Crippen LogP contribution in [0.25, 0.3) is 10.9 Å². The minimum atomic E-state index is 0.0733. The molecule has 2 aliphatic rings. The van der Waals surface area contributed by atoms with Gasteiger partial charge in [0.05, 0.1) is 12.7 Å². The number of aromatic nitrogens is 1. The molecule has 0 saturated carbocycles. The van der Waals surface area contributed by atoms with Gasteiger partial charge in [-0.15, -0.1) is 0 Å². The van der Waals surface area contributed by atoms with Gasteiger partial charge in [0, 0.05) is 55.9 Å². The van der Waals surface area contributed by atoms with Gasteiger partial charge in [0.1, 0.15) is 5.75 Å². The summed E-state index contributed by atoms with van der Waals surface area (Å²) < 4.78 is 16.1. The van der Waals surface area contributed by atoms with E-state index in [0.29, 0.717) is 25.4 Å². The van der Waals surface area contributed by atoms with Gasteiger partial charge in [0.15, 0.2) is 11.5 Å². The van der Waals surface area contributed by atoms with Crippen LogP contribution in [0, 0.1) is 0 Å². The number of fused-ring (bicyclic) bond motifs is 2. The summed E-state index contributed by atoms with van der Waals surface area (Å²) >= 11 is 0. The summed E-state index contributed by atoms with van der Waals surface area (Å²) in [5, 5.41) is 0.929. The van der Waals surface area contributed by atoms with Gasteiger partial charge < -0.3 is 24.1 Å². The van der Waals surface area contributed by atoms with Crippen LogP contribution in [0.1, 0.15) is 15.9 Å². The summed E-state index contributed by atoms with van der Waals surface area (Å²) in [6.07, 6.45) is 1.80. The number of amides is 1. The van der Waals surface area contributed by atoms with Crippen molar-refractivity contribution in [2.45, 2.75) is 6.54 Å². The summed E-state index contributed by atoms with van der Waals surface area (Å²) in [5.74, 6) is 2.47. The van der Waals surface area contributed by atoms with Crippen molar-refractivity contribution in [2.24, 2.45) is 0 Å². The number of hydrogen-bond donors (Lipinski definition) is 1. The Morgan fingerprint density at radius 1 is 1.07 bits per heavy atom. The van der Waals surface area contributed by atoms with E-state index in [-0.39, 0.29) is 5.91 Å². The number of piperazine rings is 1. The topological polar surface area (TPSA) is 67.0 Å². The van der Waals surface area contributed by atoms with E-state index in [2.05, 4.69) is 16.0 Å². The van der Waals surface area contributed by atoms with Crippen LogP contribution in [0.3, 0.4) is 0 Å². The number of nitrogens with zero attached hydrogens (tertiary/aromatic N) is 2. The molecule has 1 saturated heterocycles. The van der Waals surface area contributed by atoms with Gasteiger partial charge in [-0.3, -0.25) is 9.69 Å². The zero-order valence-electron chi connectivity index (χ0n) is 16.3. The van der Waals surface area contributed by atoms with E-state index in [0.717, 1.165) is 47.8 Å². The first kappa shape index (κ1) is 17.9. The van der Waals surface area contributed by atoms with Crippen LogP contribution in [0.4, 0.5) is 0 Å². The number of methoxy groups -OCH3 is 1. The van der Waals surface area contributed by atoms with Crippen LogP contribution in [0.2, 0.25) is 0 Å². The maximum atomic E-state index is 13.0. The predicted octanol–water partition coefficient (Wildman–Crippen LogP) is 2.86. The maximum absolute atomic E-state index is 13.0. The van der Waals surface area contributed by atoms with Gasteiger partial charge in [-0.2, -0.15) is 0 Å². The molecule has 3 aromatic rings. The molecule has 2 aliphatic heterocycles. The summed E-state index contributed by atoms with van der Waals surface area (Å²) in [4.78, 5) is 20.5. The fourth-order valence-electron chi connectivity index (χ4n) is 3.99. The van der Waals surface area contributed by atoms with Gasteiger partial charge in [0.25, 0.3) is 5.91 Å². The second-order valence-corrected chi connectivity index (χ2v) is 7.37. The SMILES string of the molecule is COc1ccc2c(C(=O)N3CCN(Cc4ccc5c(c4)OCO5)CC3)c[nH]c2c1. The summed E-state index contributed by atoms with van der Waals surface area (Å²) in [6, 6.07) is 11.8. The Hall–Kier alpha value is -3.19. The largest absolute Gasteiger partial charge is 0.497 e. The van der Waals surface area contributed by atoms with Crippen molar-refractivity contribution in [3.8, 4) is 17.2 Å². The third kappa shape index (κ3) is 3.38. The molecule has 1 amide bonds. The molecule has 7 heteroatoms. The van der Waals surface area contributed by atoms with Crippen LogP contribution >= 0.6 is 0 Å². The minimum absolute atomic E-state index is 0.0733. The third-order valence-corrected chi connectivity index (χ3v) is 5.62. The quantitative estimate of drug-likeness (QED) is 0.738. The molecule has 7 nitrogen and oxygen atoms in total. The molecule has 29 heavy (non-hydrogen) atoms. The lowest BCUT2D eigenvalue weighted by molar-refractivity contribution is 0.0630. The fourth-order valence-corrected chi connectivity index (χ4v) is 3.99. The van der Waals surface area contributed by atoms with Crippen molar-refractivity contribution < 1.29 is 19.0 Å². The van der Waals surface area contributed by atoms with E-state index >= 15 is 0 Å². The van der Waals surface area contributed by atoms with Crippen molar-refractivity contribution in [3.05, 3.63) is 53.7 Å². The monoisotopic (exact) mass is 393 g/mol. The van der Waals surface area contributed by atoms with Crippen LogP contribution in [0.5, 0.6) is 17.2 Å². The predicted molar refractivity (Wildman–Crippen MR) is 109 cm³/mol. The molecule has 1 N–H and O–H groups in total. The Bertz CT molecular complexity index is 1050. The molecular formula is C22H23N3O4. The highest BCUT2D eigenvalue weighted by Gasteiger charge is 2.24. The molecule has 1 fully saturated rings. The molecule has 0 aliphatic carbocycles. The van der Waals surface area contributed by atoms with Gasteiger partial charge in [-0.05, 0) is 29.8 Å². The third-order valence-electron chi connectivity index (χ3n) is 5.62. The number of hydrogen-bond acceptors (Lipinski definition) is 5. The number of ether oxygens (including phenoxy) is 3. The Labute approximate surface area is 168 Å². The van der Waals surface area contributed by atoms with Gasteiger partial charge in [0.2, 0.25) is 6.79 Å². The highest BCUT2D eigenvalue weighted by atomic mass is 16.7. The molecule has 5 rings (SSSR count). The van der Waals surface area contributed by atoms with E-state index in [1.165, 1.54) is 5.56 Å². The lowest BCUT2D eigenvalue weighted by atomic mass is 10.1. The average Bonchev–Trinajstić information content (AvgIpc) is 3.39. The summed E-state index contributed by atoms with van der Waals surface area (Å²) in [7, 11) is 1.64. The molecule has 150 valence electrons. The summed E-state index contributed by atoms with van der Waals surface area (Å²) in [6.45, 7) is 4.25. The smallest absolute Gasteiger partial charge is 0.256 e. The summed E-state index contributed by atoms with van der Waals surface area (Å²) in [5.41, 5.74) is 2.82. The molecule has 0 spiro atoms. The number of nitrogens with one attached hydrogen (secondary N) is 1. The van der Waals surface area contributed by atoms with Gasteiger partial charge in [-0.25, -0.2) is 0 Å².